The molecule has 0 fully saturated rings. The molecule has 0 saturated carbocycles. The molecule has 6 nitrogen and oxygen atoms in total. The van der Waals surface area contributed by atoms with Crippen molar-refractivity contribution in [2.75, 3.05) is 0 Å². The topological polar surface area (TPSA) is 72.4 Å². The molecule has 0 aromatic carbocycles. The average molecular weight is 338 g/mol. The number of rotatable bonds is 4. The smallest absolute Gasteiger partial charge is 0.261 e. The maximum absolute atomic E-state index is 12.3. The van der Waals surface area contributed by atoms with E-state index in [2.05, 4.69) is 15.5 Å². The number of hydrogen-bond donors (Lipinski definition) is 1. The minimum Gasteiger partial charge on any atom is -0.461 e. The van der Waals surface area contributed by atoms with Gasteiger partial charge in [-0.2, -0.15) is 0 Å². The molecule has 0 atom stereocenters. The van der Waals surface area contributed by atoms with E-state index >= 15 is 0 Å². The van der Waals surface area contributed by atoms with Crippen molar-refractivity contribution in [1.29, 1.82) is 0 Å². The zero-order valence-electron chi connectivity index (χ0n) is 12.9. The van der Waals surface area contributed by atoms with Gasteiger partial charge in [0.1, 0.15) is 11.5 Å². The highest BCUT2D eigenvalue weighted by Crippen LogP contribution is 2.29. The Labute approximate surface area is 141 Å². The van der Waals surface area contributed by atoms with E-state index in [1.807, 2.05) is 53.9 Å². The van der Waals surface area contributed by atoms with Crippen LogP contribution in [0.2, 0.25) is 0 Å². The zero-order chi connectivity index (χ0) is 16.5. The van der Waals surface area contributed by atoms with Crippen molar-refractivity contribution in [3.8, 4) is 10.6 Å². The predicted molar refractivity (Wildman–Crippen MR) is 90.9 cm³/mol. The predicted octanol–water partition coefficient (Wildman–Crippen LogP) is 3.29. The number of hydrogen-bond acceptors (Lipinski definition) is 5. The number of aromatic nitrogens is 3. The van der Waals surface area contributed by atoms with Gasteiger partial charge in [0, 0.05) is 6.20 Å². The Bertz CT molecular complexity index is 1010. The summed E-state index contributed by atoms with van der Waals surface area (Å²) in [5, 5.41) is 11.1. The Hall–Kier alpha value is -2.93. The Morgan fingerprint density at radius 2 is 2.12 bits per heavy atom. The number of nitrogens with one attached hydrogen (secondary N) is 1. The summed E-state index contributed by atoms with van der Waals surface area (Å²) in [4.78, 5) is 13.9. The number of carbonyl (C=O) groups excluding carboxylic acids is 1. The van der Waals surface area contributed by atoms with Crippen molar-refractivity contribution in [1.82, 2.24) is 19.9 Å². The molecule has 1 amide bonds. The van der Waals surface area contributed by atoms with Crippen LogP contribution < -0.4 is 5.32 Å². The molecule has 24 heavy (non-hydrogen) atoms. The highest BCUT2D eigenvalue weighted by Gasteiger charge is 2.13. The summed E-state index contributed by atoms with van der Waals surface area (Å²) >= 11 is 1.40. The number of thiophene rings is 1. The fourth-order valence-electron chi connectivity index (χ4n) is 2.42. The minimum atomic E-state index is -0.137. The second-order valence-electron chi connectivity index (χ2n) is 5.30. The van der Waals surface area contributed by atoms with Crippen LogP contribution in [0.15, 0.2) is 53.1 Å². The molecule has 0 aliphatic heterocycles. The van der Waals surface area contributed by atoms with Gasteiger partial charge in [-0.3, -0.25) is 9.20 Å². The number of pyridine rings is 1. The van der Waals surface area contributed by atoms with Gasteiger partial charge in [0.25, 0.3) is 5.91 Å². The number of furan rings is 1. The largest absolute Gasteiger partial charge is 0.461 e. The quantitative estimate of drug-likeness (QED) is 0.620. The number of aryl methyl sites for hydroxylation is 1. The van der Waals surface area contributed by atoms with Crippen molar-refractivity contribution in [2.45, 2.75) is 13.5 Å². The molecule has 120 valence electrons. The lowest BCUT2D eigenvalue weighted by molar-refractivity contribution is 0.0954. The van der Waals surface area contributed by atoms with Crippen LogP contribution >= 0.6 is 11.3 Å². The monoisotopic (exact) mass is 338 g/mol. The molecule has 0 bridgehead atoms. The van der Waals surface area contributed by atoms with Gasteiger partial charge in [-0.05, 0) is 43.3 Å². The van der Waals surface area contributed by atoms with Gasteiger partial charge in [0.05, 0.1) is 16.3 Å². The van der Waals surface area contributed by atoms with Gasteiger partial charge in [-0.25, -0.2) is 0 Å². The van der Waals surface area contributed by atoms with E-state index in [-0.39, 0.29) is 5.91 Å². The molecule has 0 unspecified atom stereocenters. The van der Waals surface area contributed by atoms with Gasteiger partial charge in [-0.15, -0.1) is 21.5 Å². The molecule has 7 heteroatoms. The molecule has 4 aromatic heterocycles. The second-order valence-corrected chi connectivity index (χ2v) is 6.39. The molecule has 4 heterocycles. The van der Waals surface area contributed by atoms with Crippen LogP contribution in [0.4, 0.5) is 0 Å². The van der Waals surface area contributed by atoms with Crippen molar-refractivity contribution >= 4 is 22.9 Å². The van der Waals surface area contributed by atoms with E-state index in [1.165, 1.54) is 11.3 Å². The van der Waals surface area contributed by atoms with Gasteiger partial charge in [0.15, 0.2) is 11.5 Å². The Balaban J connectivity index is 1.48. The van der Waals surface area contributed by atoms with E-state index in [0.717, 1.165) is 22.0 Å². The zero-order valence-corrected chi connectivity index (χ0v) is 13.7. The van der Waals surface area contributed by atoms with Crippen LogP contribution in [-0.2, 0) is 6.54 Å². The van der Waals surface area contributed by atoms with Crippen LogP contribution in [0.25, 0.3) is 16.3 Å². The Morgan fingerprint density at radius 3 is 2.96 bits per heavy atom. The van der Waals surface area contributed by atoms with Crippen molar-refractivity contribution in [2.24, 2.45) is 0 Å². The van der Waals surface area contributed by atoms with E-state index in [1.54, 1.807) is 6.07 Å². The highest BCUT2D eigenvalue weighted by molar-refractivity contribution is 7.17. The van der Waals surface area contributed by atoms with Gasteiger partial charge in [0.2, 0.25) is 0 Å². The SMILES string of the molecule is Cc1ccc(-c2ccc(C(=O)NCc3nnc4ccccn34)s2)o1. The minimum absolute atomic E-state index is 0.137. The normalized spacial score (nSPS) is 11.0. The van der Waals surface area contributed by atoms with Crippen molar-refractivity contribution in [3.63, 3.8) is 0 Å². The molecule has 4 rings (SSSR count). The summed E-state index contributed by atoms with van der Waals surface area (Å²) in [5.74, 6) is 2.18. The fraction of sp³-hybridized carbons (Fsp3) is 0.118. The highest BCUT2D eigenvalue weighted by atomic mass is 32.1. The average Bonchev–Trinajstić information content (AvgIpc) is 3.31. The molecule has 0 aliphatic rings. The third kappa shape index (κ3) is 2.69. The molecule has 4 aromatic rings. The van der Waals surface area contributed by atoms with Gasteiger partial charge >= 0.3 is 0 Å². The van der Waals surface area contributed by atoms with E-state index in [4.69, 9.17) is 4.42 Å². The first-order chi connectivity index (χ1) is 11.7. The number of carbonyl (C=O) groups is 1. The second kappa shape index (κ2) is 5.93. The third-order valence-corrected chi connectivity index (χ3v) is 4.70. The first kappa shape index (κ1) is 14.6. The van der Waals surface area contributed by atoms with Crippen molar-refractivity contribution < 1.29 is 9.21 Å². The summed E-state index contributed by atoms with van der Waals surface area (Å²) < 4.78 is 7.44. The summed E-state index contributed by atoms with van der Waals surface area (Å²) in [6.07, 6.45) is 1.87. The molecule has 1 N–H and O–H groups in total. The third-order valence-electron chi connectivity index (χ3n) is 3.60. The molecular weight excluding hydrogens is 324 g/mol. The Kier molecular flexibility index (Phi) is 3.62. The molecule has 0 spiro atoms. The van der Waals surface area contributed by atoms with Crippen LogP contribution in [0.3, 0.4) is 0 Å². The lowest BCUT2D eigenvalue weighted by atomic mass is 10.3. The molecule has 0 aliphatic carbocycles. The maximum atomic E-state index is 12.3. The molecule has 0 radical (unpaired) electrons. The summed E-state index contributed by atoms with van der Waals surface area (Å²) in [7, 11) is 0. The lowest BCUT2D eigenvalue weighted by Crippen LogP contribution is -2.23. The van der Waals surface area contributed by atoms with E-state index in [0.29, 0.717) is 17.2 Å². The first-order valence-corrected chi connectivity index (χ1v) is 8.26. The number of nitrogens with zero attached hydrogens (tertiary/aromatic N) is 3. The fourth-order valence-corrected chi connectivity index (χ4v) is 3.30. The van der Waals surface area contributed by atoms with Crippen LogP contribution in [0, 0.1) is 6.92 Å². The van der Waals surface area contributed by atoms with Crippen LogP contribution in [0.5, 0.6) is 0 Å². The van der Waals surface area contributed by atoms with Crippen molar-refractivity contribution in [3.05, 3.63) is 65.1 Å². The lowest BCUT2D eigenvalue weighted by Gasteiger charge is -2.02. The Morgan fingerprint density at radius 1 is 1.21 bits per heavy atom. The molecule has 0 saturated heterocycles. The van der Waals surface area contributed by atoms with Gasteiger partial charge < -0.3 is 9.73 Å². The summed E-state index contributed by atoms with van der Waals surface area (Å²) in [5.41, 5.74) is 0.758. The number of fused-ring (bicyclic) bond motifs is 1. The first-order valence-electron chi connectivity index (χ1n) is 7.44. The van der Waals surface area contributed by atoms with Crippen LogP contribution in [-0.4, -0.2) is 20.5 Å². The van der Waals surface area contributed by atoms with Crippen LogP contribution in [0.1, 0.15) is 21.3 Å². The number of amides is 1. The summed E-state index contributed by atoms with van der Waals surface area (Å²) in [6, 6.07) is 13.2. The standard InChI is InChI=1S/C17H14N4O2S/c1-11-5-6-12(23-11)13-7-8-14(24-13)17(22)18-10-16-20-19-15-4-2-3-9-21(15)16/h2-9H,10H2,1H3,(H,18,22). The maximum Gasteiger partial charge on any atom is 0.261 e. The van der Waals surface area contributed by atoms with Gasteiger partial charge in [-0.1, -0.05) is 6.07 Å². The summed E-state index contributed by atoms with van der Waals surface area (Å²) in [6.45, 7) is 2.21. The van der Waals surface area contributed by atoms with E-state index < -0.39 is 0 Å². The molecular formula is C17H14N4O2S. The van der Waals surface area contributed by atoms with E-state index in [9.17, 15) is 4.79 Å².